The molecule has 0 bridgehead atoms. The number of nitrogens with zero attached hydrogens (tertiary/aromatic N) is 3. The Morgan fingerprint density at radius 1 is 1.21 bits per heavy atom. The molecule has 0 unspecified atom stereocenters. The van der Waals surface area contributed by atoms with Gasteiger partial charge in [-0.1, -0.05) is 12.5 Å². The van der Waals surface area contributed by atoms with Crippen LogP contribution >= 0.6 is 0 Å². The zero-order valence-corrected chi connectivity index (χ0v) is 13.8. The molecule has 5 heteroatoms. The van der Waals surface area contributed by atoms with Gasteiger partial charge in [0, 0.05) is 30.6 Å². The Morgan fingerprint density at radius 3 is 2.88 bits per heavy atom. The third-order valence-electron chi connectivity index (χ3n) is 5.06. The first-order chi connectivity index (χ1) is 11.8. The van der Waals surface area contributed by atoms with Crippen molar-refractivity contribution in [2.75, 3.05) is 6.54 Å². The molecule has 1 aliphatic carbocycles. The van der Waals surface area contributed by atoms with Crippen molar-refractivity contribution in [3.8, 4) is 0 Å². The van der Waals surface area contributed by atoms with Crippen molar-refractivity contribution >= 4 is 5.91 Å². The molecule has 0 N–H and O–H groups in total. The third kappa shape index (κ3) is 3.22. The molecule has 24 heavy (non-hydrogen) atoms. The minimum Gasteiger partial charge on any atom is -0.368 e. The van der Waals surface area contributed by atoms with Gasteiger partial charge in [-0.3, -0.25) is 9.78 Å². The van der Waals surface area contributed by atoms with Gasteiger partial charge in [0.05, 0.1) is 31.5 Å². The highest BCUT2D eigenvalue weighted by molar-refractivity contribution is 5.79. The predicted octanol–water partition coefficient (Wildman–Crippen LogP) is 2.61. The molecule has 1 atom stereocenters. The van der Waals surface area contributed by atoms with Crippen molar-refractivity contribution < 1.29 is 9.53 Å². The molecule has 0 spiro atoms. The molecular weight excluding hydrogens is 302 g/mol. The Bertz CT molecular complexity index is 694. The first kappa shape index (κ1) is 15.4. The van der Waals surface area contributed by atoms with E-state index in [1.807, 2.05) is 29.2 Å². The lowest BCUT2D eigenvalue weighted by atomic mass is 9.84. The van der Waals surface area contributed by atoms with E-state index in [0.717, 1.165) is 25.1 Å². The zero-order valence-electron chi connectivity index (χ0n) is 13.8. The van der Waals surface area contributed by atoms with Crippen LogP contribution in [0.25, 0.3) is 0 Å². The summed E-state index contributed by atoms with van der Waals surface area (Å²) in [5.41, 5.74) is 2.11. The van der Waals surface area contributed by atoms with Gasteiger partial charge < -0.3 is 14.2 Å². The van der Waals surface area contributed by atoms with Gasteiger partial charge in [-0.2, -0.15) is 0 Å². The predicted molar refractivity (Wildman–Crippen MR) is 90.0 cm³/mol. The van der Waals surface area contributed by atoms with Crippen molar-refractivity contribution in [3.05, 3.63) is 54.1 Å². The van der Waals surface area contributed by atoms with Crippen LogP contribution in [-0.2, 0) is 29.2 Å². The van der Waals surface area contributed by atoms with Gasteiger partial charge >= 0.3 is 0 Å². The Kier molecular flexibility index (Phi) is 4.34. The molecule has 2 aliphatic rings. The van der Waals surface area contributed by atoms with Crippen molar-refractivity contribution in [3.63, 3.8) is 0 Å². The number of rotatable bonds is 4. The largest absolute Gasteiger partial charge is 0.368 e. The molecule has 3 heterocycles. The lowest BCUT2D eigenvalue weighted by Crippen LogP contribution is -2.42. The van der Waals surface area contributed by atoms with Gasteiger partial charge in [0.25, 0.3) is 0 Å². The lowest BCUT2D eigenvalue weighted by Gasteiger charge is -2.32. The molecular formula is C19H23N3O2. The maximum atomic E-state index is 12.7. The molecule has 1 saturated carbocycles. The van der Waals surface area contributed by atoms with Crippen LogP contribution in [0.1, 0.15) is 30.7 Å². The Morgan fingerprint density at radius 2 is 2.12 bits per heavy atom. The molecule has 0 saturated heterocycles. The highest BCUT2D eigenvalue weighted by atomic mass is 16.5. The third-order valence-corrected chi connectivity index (χ3v) is 5.06. The second-order valence-electron chi connectivity index (χ2n) is 6.75. The van der Waals surface area contributed by atoms with Crippen molar-refractivity contribution in [2.45, 2.75) is 45.1 Å². The van der Waals surface area contributed by atoms with Gasteiger partial charge in [-0.15, -0.1) is 0 Å². The summed E-state index contributed by atoms with van der Waals surface area (Å²) in [4.78, 5) is 19.0. The van der Waals surface area contributed by atoms with Crippen LogP contribution in [0.4, 0.5) is 0 Å². The topological polar surface area (TPSA) is 47.4 Å². The smallest absolute Gasteiger partial charge is 0.226 e. The molecule has 4 rings (SSSR count). The minimum absolute atomic E-state index is 0.00955. The van der Waals surface area contributed by atoms with E-state index in [1.54, 1.807) is 6.20 Å². The summed E-state index contributed by atoms with van der Waals surface area (Å²) in [5.74, 6) is 0.519. The number of fused-ring (bicyclic) bond motifs is 1. The van der Waals surface area contributed by atoms with Gasteiger partial charge in [0.2, 0.25) is 5.91 Å². The molecule has 0 aromatic carbocycles. The number of aromatic nitrogens is 2. The van der Waals surface area contributed by atoms with E-state index in [2.05, 4.69) is 21.8 Å². The number of amides is 1. The average molecular weight is 325 g/mol. The van der Waals surface area contributed by atoms with Gasteiger partial charge in [-0.05, 0) is 37.1 Å². The summed E-state index contributed by atoms with van der Waals surface area (Å²) in [6, 6.07) is 9.98. The monoisotopic (exact) mass is 325 g/mol. The van der Waals surface area contributed by atoms with Crippen LogP contribution in [0, 0.1) is 5.92 Å². The van der Waals surface area contributed by atoms with E-state index >= 15 is 0 Å². The highest BCUT2D eigenvalue weighted by Gasteiger charge is 2.32. The maximum Gasteiger partial charge on any atom is 0.226 e. The first-order valence-electron chi connectivity index (χ1n) is 8.74. The van der Waals surface area contributed by atoms with Crippen molar-refractivity contribution in [1.82, 2.24) is 14.5 Å². The van der Waals surface area contributed by atoms with Crippen molar-refractivity contribution in [2.24, 2.45) is 5.92 Å². The van der Waals surface area contributed by atoms with E-state index in [-0.39, 0.29) is 12.0 Å². The van der Waals surface area contributed by atoms with E-state index in [9.17, 15) is 4.79 Å². The Balaban J connectivity index is 1.47. The highest BCUT2D eigenvalue weighted by Crippen LogP contribution is 2.29. The molecule has 1 fully saturated rings. The fourth-order valence-corrected chi connectivity index (χ4v) is 3.43. The van der Waals surface area contributed by atoms with E-state index in [0.29, 0.717) is 25.6 Å². The normalized spacial score (nSPS) is 21.0. The lowest BCUT2D eigenvalue weighted by molar-refractivity contribution is -0.140. The summed E-state index contributed by atoms with van der Waals surface area (Å²) in [6.45, 7) is 2.60. The molecule has 126 valence electrons. The maximum absolute atomic E-state index is 12.7. The fourth-order valence-electron chi connectivity index (χ4n) is 3.43. The van der Waals surface area contributed by atoms with Crippen LogP contribution in [0.3, 0.4) is 0 Å². The number of hydrogen-bond donors (Lipinski definition) is 0. The van der Waals surface area contributed by atoms with Gasteiger partial charge in [-0.25, -0.2) is 0 Å². The van der Waals surface area contributed by atoms with E-state index in [4.69, 9.17) is 4.74 Å². The molecule has 2 aromatic heterocycles. The van der Waals surface area contributed by atoms with Crippen LogP contribution < -0.4 is 0 Å². The molecule has 1 amide bonds. The van der Waals surface area contributed by atoms with Crippen LogP contribution in [0.2, 0.25) is 0 Å². The molecule has 1 aliphatic heterocycles. The minimum atomic E-state index is -0.00955. The second-order valence-corrected chi connectivity index (χ2v) is 6.75. The van der Waals surface area contributed by atoms with E-state index < -0.39 is 0 Å². The Hall–Kier alpha value is -2.14. The van der Waals surface area contributed by atoms with Crippen LogP contribution in [-0.4, -0.2) is 33.0 Å². The molecule has 5 nitrogen and oxygen atoms in total. The SMILES string of the molecule is O=C(C1CCC1)N1Cc2cccn2C[C@@H](OCc2ccccn2)C1. The standard InChI is InChI=1S/C19H23N3O2/c23-19(15-5-3-6-15)22-11-17-8-4-10-21(17)12-18(13-22)24-14-16-7-1-2-9-20-16/h1-2,4,7-10,15,18H,3,5-6,11-14H2/t18-/m1/s1. The number of carbonyl (C=O) groups is 1. The summed E-state index contributed by atoms with van der Waals surface area (Å²) < 4.78 is 8.32. The Labute approximate surface area is 142 Å². The van der Waals surface area contributed by atoms with Crippen LogP contribution in [0.5, 0.6) is 0 Å². The summed E-state index contributed by atoms with van der Waals surface area (Å²) >= 11 is 0. The number of ether oxygens (including phenoxy) is 1. The first-order valence-corrected chi connectivity index (χ1v) is 8.74. The van der Waals surface area contributed by atoms with Crippen molar-refractivity contribution in [1.29, 1.82) is 0 Å². The summed E-state index contributed by atoms with van der Waals surface area (Å²) in [6.07, 6.45) is 7.10. The molecule has 0 radical (unpaired) electrons. The summed E-state index contributed by atoms with van der Waals surface area (Å²) in [5, 5.41) is 0. The number of carbonyl (C=O) groups excluding carboxylic acids is 1. The fraction of sp³-hybridized carbons (Fsp3) is 0.474. The summed E-state index contributed by atoms with van der Waals surface area (Å²) in [7, 11) is 0. The van der Waals surface area contributed by atoms with Gasteiger partial charge in [0.15, 0.2) is 0 Å². The van der Waals surface area contributed by atoms with E-state index in [1.165, 1.54) is 12.1 Å². The zero-order chi connectivity index (χ0) is 16.4. The second kappa shape index (κ2) is 6.77. The number of pyridine rings is 1. The number of hydrogen-bond acceptors (Lipinski definition) is 3. The van der Waals surface area contributed by atoms with Gasteiger partial charge in [0.1, 0.15) is 0 Å². The van der Waals surface area contributed by atoms with Crippen LogP contribution in [0.15, 0.2) is 42.7 Å². The quantitative estimate of drug-likeness (QED) is 0.868. The molecule has 2 aromatic rings. The average Bonchev–Trinajstić information content (AvgIpc) is 2.90.